The Morgan fingerprint density at radius 3 is 2.61 bits per heavy atom. The zero-order valence-corrected chi connectivity index (χ0v) is 16.2. The largest absolute Gasteiger partial charge is 0.478 e. The molecule has 4 rings (SSSR count). The lowest BCUT2D eigenvalue weighted by Gasteiger charge is -2.25. The van der Waals surface area contributed by atoms with E-state index in [4.69, 9.17) is 9.97 Å². The Morgan fingerprint density at radius 2 is 1.89 bits per heavy atom. The summed E-state index contributed by atoms with van der Waals surface area (Å²) in [5.41, 5.74) is 4.17. The number of benzene rings is 2. The number of carbonyl (C=O) groups is 1. The monoisotopic (exact) mass is 375 g/mol. The van der Waals surface area contributed by atoms with Crippen LogP contribution in [0.2, 0.25) is 0 Å². The molecule has 0 aliphatic rings. The minimum atomic E-state index is -0.978. The number of aromatic nitrogens is 4. The second-order valence-electron chi connectivity index (χ2n) is 7.15. The lowest BCUT2D eigenvalue weighted by Crippen LogP contribution is -2.27. The summed E-state index contributed by atoms with van der Waals surface area (Å²) in [4.78, 5) is 23.0. The maximum absolute atomic E-state index is 11.3. The molecule has 7 nitrogen and oxygen atoms in total. The average molecular weight is 375 g/mol. The van der Waals surface area contributed by atoms with Crippen LogP contribution in [0.25, 0.3) is 33.2 Å². The molecule has 28 heavy (non-hydrogen) atoms. The molecule has 0 amide bonds. The molecule has 142 valence electrons. The number of anilines is 1. The summed E-state index contributed by atoms with van der Waals surface area (Å²) in [6.45, 7) is 4.15. The minimum Gasteiger partial charge on any atom is -0.478 e. The van der Waals surface area contributed by atoms with Gasteiger partial charge in [0.2, 0.25) is 0 Å². The maximum atomic E-state index is 11.3. The number of nitrogens with zero attached hydrogens (tertiary/aromatic N) is 5. The Labute approximate surface area is 162 Å². The van der Waals surface area contributed by atoms with Crippen LogP contribution in [0.5, 0.6) is 0 Å². The molecule has 7 heteroatoms. The second-order valence-corrected chi connectivity index (χ2v) is 7.15. The van der Waals surface area contributed by atoms with Gasteiger partial charge in [0.1, 0.15) is 5.69 Å². The van der Waals surface area contributed by atoms with Crippen LogP contribution in [0, 0.1) is 0 Å². The molecule has 0 unspecified atom stereocenters. The summed E-state index contributed by atoms with van der Waals surface area (Å²) >= 11 is 0. The van der Waals surface area contributed by atoms with Crippen molar-refractivity contribution >= 4 is 33.7 Å². The first-order valence-corrected chi connectivity index (χ1v) is 9.05. The van der Waals surface area contributed by atoms with E-state index in [1.165, 1.54) is 0 Å². The van der Waals surface area contributed by atoms with Crippen molar-refractivity contribution in [3.8, 4) is 11.3 Å². The van der Waals surface area contributed by atoms with Gasteiger partial charge in [0.05, 0.1) is 28.3 Å². The molecule has 0 atom stereocenters. The Bertz CT molecular complexity index is 1210. The number of aromatic carboxylic acids is 1. The Balaban J connectivity index is 1.97. The minimum absolute atomic E-state index is 0.199. The van der Waals surface area contributed by atoms with Crippen LogP contribution in [0.3, 0.4) is 0 Å². The van der Waals surface area contributed by atoms with E-state index in [1.807, 2.05) is 42.0 Å². The standard InChI is InChI=1S/C21H21N5O2/c1-12(2)25(3)20-19(13-6-8-18-15(9-13)11-22-26(18)4)23-16-7-5-14(21(27)28)10-17(16)24-20/h5-12H,1-4H3,(H,27,28). The molecule has 0 aliphatic heterocycles. The summed E-state index contributed by atoms with van der Waals surface area (Å²) in [6.07, 6.45) is 1.83. The van der Waals surface area contributed by atoms with Crippen LogP contribution < -0.4 is 4.90 Å². The Morgan fingerprint density at radius 1 is 1.11 bits per heavy atom. The van der Waals surface area contributed by atoms with E-state index in [9.17, 15) is 9.90 Å². The van der Waals surface area contributed by atoms with Gasteiger partial charge in [-0.25, -0.2) is 14.8 Å². The van der Waals surface area contributed by atoms with E-state index < -0.39 is 5.97 Å². The van der Waals surface area contributed by atoms with E-state index in [0.29, 0.717) is 16.9 Å². The fourth-order valence-electron chi connectivity index (χ4n) is 3.17. The van der Waals surface area contributed by atoms with Crippen molar-refractivity contribution in [2.24, 2.45) is 7.05 Å². The van der Waals surface area contributed by atoms with Gasteiger partial charge < -0.3 is 10.0 Å². The molecule has 0 saturated carbocycles. The highest BCUT2D eigenvalue weighted by molar-refractivity contribution is 5.94. The SMILES string of the molecule is CC(C)N(C)c1nc2cc(C(=O)O)ccc2nc1-c1ccc2c(cnn2C)c1. The van der Waals surface area contributed by atoms with Crippen molar-refractivity contribution < 1.29 is 9.90 Å². The van der Waals surface area contributed by atoms with E-state index in [0.717, 1.165) is 22.2 Å². The van der Waals surface area contributed by atoms with Gasteiger partial charge in [0, 0.05) is 31.1 Å². The molecule has 0 bridgehead atoms. The molecule has 4 aromatic rings. The summed E-state index contributed by atoms with van der Waals surface area (Å²) in [5, 5.41) is 14.6. The summed E-state index contributed by atoms with van der Waals surface area (Å²) in [7, 11) is 3.88. The Kier molecular flexibility index (Phi) is 4.22. The van der Waals surface area contributed by atoms with E-state index in [1.54, 1.807) is 18.2 Å². The van der Waals surface area contributed by atoms with Crippen LogP contribution in [-0.4, -0.2) is 43.9 Å². The molecule has 2 aromatic heterocycles. The lowest BCUT2D eigenvalue weighted by atomic mass is 10.1. The molecular weight excluding hydrogens is 354 g/mol. The van der Waals surface area contributed by atoms with E-state index in [-0.39, 0.29) is 11.6 Å². The number of hydrogen-bond donors (Lipinski definition) is 1. The van der Waals surface area contributed by atoms with Crippen molar-refractivity contribution in [1.29, 1.82) is 0 Å². The highest BCUT2D eigenvalue weighted by Gasteiger charge is 2.18. The van der Waals surface area contributed by atoms with Crippen LogP contribution in [-0.2, 0) is 7.05 Å². The van der Waals surface area contributed by atoms with Gasteiger partial charge in [0.25, 0.3) is 0 Å². The van der Waals surface area contributed by atoms with Gasteiger partial charge in [-0.1, -0.05) is 6.07 Å². The molecule has 1 N–H and O–H groups in total. The third-order valence-electron chi connectivity index (χ3n) is 5.02. The number of carboxylic acids is 1. The predicted octanol–water partition coefficient (Wildman–Crippen LogP) is 3.73. The summed E-state index contributed by atoms with van der Waals surface area (Å²) in [5.74, 6) is -0.262. The van der Waals surface area contributed by atoms with E-state index in [2.05, 4.69) is 25.0 Å². The number of fused-ring (bicyclic) bond motifs is 2. The lowest BCUT2D eigenvalue weighted by molar-refractivity contribution is 0.0697. The van der Waals surface area contributed by atoms with Gasteiger partial charge >= 0.3 is 5.97 Å². The highest BCUT2D eigenvalue weighted by Crippen LogP contribution is 2.32. The summed E-state index contributed by atoms with van der Waals surface area (Å²) in [6, 6.07) is 11.1. The maximum Gasteiger partial charge on any atom is 0.335 e. The molecule has 2 heterocycles. The smallest absolute Gasteiger partial charge is 0.335 e. The van der Waals surface area contributed by atoms with Crippen molar-refractivity contribution in [1.82, 2.24) is 19.7 Å². The van der Waals surface area contributed by atoms with Crippen LogP contribution >= 0.6 is 0 Å². The highest BCUT2D eigenvalue weighted by atomic mass is 16.4. The van der Waals surface area contributed by atoms with Gasteiger partial charge in [-0.3, -0.25) is 4.68 Å². The van der Waals surface area contributed by atoms with Gasteiger partial charge in [-0.2, -0.15) is 5.10 Å². The topological polar surface area (TPSA) is 84.1 Å². The van der Waals surface area contributed by atoms with Crippen LogP contribution in [0.15, 0.2) is 42.6 Å². The van der Waals surface area contributed by atoms with Crippen molar-refractivity contribution in [2.45, 2.75) is 19.9 Å². The number of carboxylic acid groups (broad SMARTS) is 1. The summed E-state index contributed by atoms with van der Waals surface area (Å²) < 4.78 is 1.83. The van der Waals surface area contributed by atoms with Gasteiger partial charge in [0.15, 0.2) is 5.82 Å². The molecule has 0 radical (unpaired) electrons. The van der Waals surface area contributed by atoms with Crippen molar-refractivity contribution in [3.63, 3.8) is 0 Å². The Hall–Kier alpha value is -3.48. The average Bonchev–Trinajstić information content (AvgIpc) is 3.06. The zero-order valence-electron chi connectivity index (χ0n) is 16.2. The zero-order chi connectivity index (χ0) is 20.0. The first-order valence-electron chi connectivity index (χ1n) is 9.05. The molecule has 0 spiro atoms. The first-order chi connectivity index (χ1) is 13.3. The van der Waals surface area contributed by atoms with Gasteiger partial charge in [-0.15, -0.1) is 0 Å². The number of aryl methyl sites for hydroxylation is 1. The fraction of sp³-hybridized carbons (Fsp3) is 0.238. The first kappa shape index (κ1) is 17.9. The third-order valence-corrected chi connectivity index (χ3v) is 5.02. The van der Waals surface area contributed by atoms with Crippen molar-refractivity contribution in [2.75, 3.05) is 11.9 Å². The van der Waals surface area contributed by atoms with Crippen LogP contribution in [0.4, 0.5) is 5.82 Å². The molecule has 0 saturated heterocycles. The quantitative estimate of drug-likeness (QED) is 0.585. The predicted molar refractivity (Wildman–Crippen MR) is 110 cm³/mol. The number of hydrogen-bond acceptors (Lipinski definition) is 5. The van der Waals surface area contributed by atoms with Crippen LogP contribution in [0.1, 0.15) is 24.2 Å². The molecule has 0 aliphatic carbocycles. The van der Waals surface area contributed by atoms with E-state index >= 15 is 0 Å². The molecule has 0 fully saturated rings. The molecule has 2 aromatic carbocycles. The molecular formula is C21H21N5O2. The third kappa shape index (κ3) is 2.94. The normalized spacial score (nSPS) is 11.5. The second kappa shape index (κ2) is 6.60. The van der Waals surface area contributed by atoms with Gasteiger partial charge in [-0.05, 0) is 44.2 Å². The number of rotatable bonds is 4. The van der Waals surface area contributed by atoms with Crippen molar-refractivity contribution in [3.05, 3.63) is 48.2 Å². The fourth-order valence-corrected chi connectivity index (χ4v) is 3.17.